The van der Waals surface area contributed by atoms with Gasteiger partial charge in [-0.15, -0.1) is 0 Å². The first-order valence-corrected chi connectivity index (χ1v) is 9.65. The number of aromatic nitrogens is 5. The minimum atomic E-state index is -3.58. The van der Waals surface area contributed by atoms with Crippen LogP contribution in [0.2, 0.25) is 0 Å². The summed E-state index contributed by atoms with van der Waals surface area (Å²) < 4.78 is 25.4. The SMILES string of the molecule is CS(=O)(=O)c1nc(C(=O)NC2(c3ncn[nH]3)CCC2)c2ccccn12. The molecule has 3 aromatic heterocycles. The molecule has 2 N–H and O–H groups in total. The van der Waals surface area contributed by atoms with Crippen molar-refractivity contribution in [1.82, 2.24) is 29.9 Å². The first-order valence-electron chi connectivity index (χ1n) is 7.76. The Kier molecular flexibility index (Phi) is 3.39. The molecule has 1 fully saturated rings. The Morgan fingerprint density at radius 1 is 1.36 bits per heavy atom. The highest BCUT2D eigenvalue weighted by molar-refractivity contribution is 7.90. The maximum absolute atomic E-state index is 12.9. The number of nitrogens with one attached hydrogen (secondary N) is 2. The molecule has 0 aliphatic heterocycles. The summed E-state index contributed by atoms with van der Waals surface area (Å²) in [5.74, 6) is 0.161. The summed E-state index contributed by atoms with van der Waals surface area (Å²) in [4.78, 5) is 21.1. The molecule has 25 heavy (non-hydrogen) atoms. The van der Waals surface area contributed by atoms with Crippen molar-refractivity contribution in [2.75, 3.05) is 6.26 Å². The average molecular weight is 360 g/mol. The van der Waals surface area contributed by atoms with Crippen LogP contribution in [-0.4, -0.2) is 45.1 Å². The third-order valence-corrected chi connectivity index (χ3v) is 5.44. The van der Waals surface area contributed by atoms with Crippen molar-refractivity contribution in [2.45, 2.75) is 30.0 Å². The van der Waals surface area contributed by atoms with Crippen molar-refractivity contribution in [3.05, 3.63) is 42.2 Å². The van der Waals surface area contributed by atoms with Gasteiger partial charge in [0.2, 0.25) is 15.0 Å². The van der Waals surface area contributed by atoms with E-state index in [9.17, 15) is 13.2 Å². The summed E-state index contributed by atoms with van der Waals surface area (Å²) in [6.45, 7) is 0. The van der Waals surface area contributed by atoms with E-state index in [0.29, 0.717) is 11.3 Å². The van der Waals surface area contributed by atoms with Gasteiger partial charge in [0.05, 0.1) is 11.1 Å². The predicted octanol–water partition coefficient (Wildman–Crippen LogP) is 0.665. The number of aromatic amines is 1. The number of rotatable bonds is 4. The molecule has 0 unspecified atom stereocenters. The lowest BCUT2D eigenvalue weighted by atomic mass is 9.76. The van der Waals surface area contributed by atoms with Crippen LogP contribution in [0.3, 0.4) is 0 Å². The normalized spacial score (nSPS) is 16.5. The third kappa shape index (κ3) is 2.49. The lowest BCUT2D eigenvalue weighted by molar-refractivity contribution is 0.0806. The molecule has 1 aliphatic carbocycles. The lowest BCUT2D eigenvalue weighted by Gasteiger charge is -2.40. The van der Waals surface area contributed by atoms with Crippen molar-refractivity contribution in [1.29, 1.82) is 0 Å². The predicted molar refractivity (Wildman–Crippen MR) is 87.7 cm³/mol. The number of carbonyl (C=O) groups excluding carboxylic acids is 1. The largest absolute Gasteiger partial charge is 0.338 e. The van der Waals surface area contributed by atoms with Crippen molar-refractivity contribution in [3.63, 3.8) is 0 Å². The van der Waals surface area contributed by atoms with Gasteiger partial charge in [0.15, 0.2) is 5.69 Å². The fraction of sp³-hybridized carbons (Fsp3) is 0.333. The topological polar surface area (TPSA) is 122 Å². The zero-order valence-electron chi connectivity index (χ0n) is 13.4. The summed E-state index contributed by atoms with van der Waals surface area (Å²) in [5.41, 5.74) is -0.0944. The molecule has 3 aromatic rings. The zero-order valence-corrected chi connectivity index (χ0v) is 14.2. The molecule has 130 valence electrons. The van der Waals surface area contributed by atoms with Crippen LogP contribution in [0.5, 0.6) is 0 Å². The van der Waals surface area contributed by atoms with E-state index < -0.39 is 21.3 Å². The maximum atomic E-state index is 12.9. The molecule has 4 rings (SSSR count). The van der Waals surface area contributed by atoms with Crippen LogP contribution in [0, 0.1) is 0 Å². The molecule has 0 aromatic carbocycles. The Morgan fingerprint density at radius 2 is 2.16 bits per heavy atom. The van der Waals surface area contributed by atoms with Gasteiger partial charge in [-0.1, -0.05) is 6.07 Å². The Bertz CT molecular complexity index is 1050. The molecule has 0 saturated heterocycles. The number of pyridine rings is 1. The van der Waals surface area contributed by atoms with E-state index in [0.717, 1.165) is 25.5 Å². The Morgan fingerprint density at radius 3 is 2.76 bits per heavy atom. The van der Waals surface area contributed by atoms with Gasteiger partial charge in [0.1, 0.15) is 12.2 Å². The summed E-state index contributed by atoms with van der Waals surface area (Å²) in [5, 5.41) is 9.46. The van der Waals surface area contributed by atoms with Gasteiger partial charge in [-0.25, -0.2) is 18.4 Å². The molecule has 1 saturated carbocycles. The summed E-state index contributed by atoms with van der Waals surface area (Å²) in [6.07, 6.45) is 6.47. The van der Waals surface area contributed by atoms with E-state index in [-0.39, 0.29) is 10.9 Å². The molecular weight excluding hydrogens is 344 g/mol. The highest BCUT2D eigenvalue weighted by Gasteiger charge is 2.43. The van der Waals surface area contributed by atoms with E-state index in [1.165, 1.54) is 10.7 Å². The number of carbonyl (C=O) groups is 1. The number of nitrogens with zero attached hydrogens (tertiary/aromatic N) is 4. The Hall–Kier alpha value is -2.75. The molecule has 1 amide bonds. The van der Waals surface area contributed by atoms with E-state index >= 15 is 0 Å². The van der Waals surface area contributed by atoms with Gasteiger partial charge in [0, 0.05) is 12.5 Å². The molecule has 1 aliphatic rings. The number of amides is 1. The smallest absolute Gasteiger partial charge is 0.272 e. The van der Waals surface area contributed by atoms with Crippen LogP contribution >= 0.6 is 0 Å². The van der Waals surface area contributed by atoms with Gasteiger partial charge >= 0.3 is 0 Å². The van der Waals surface area contributed by atoms with E-state index in [2.05, 4.69) is 25.5 Å². The monoisotopic (exact) mass is 360 g/mol. The number of hydrogen-bond acceptors (Lipinski definition) is 6. The highest BCUT2D eigenvalue weighted by atomic mass is 32.2. The zero-order chi connectivity index (χ0) is 17.7. The summed E-state index contributed by atoms with van der Waals surface area (Å²) in [6, 6.07) is 5.08. The van der Waals surface area contributed by atoms with Crippen LogP contribution in [-0.2, 0) is 15.4 Å². The number of sulfone groups is 1. The van der Waals surface area contributed by atoms with Gasteiger partial charge < -0.3 is 5.32 Å². The summed E-state index contributed by atoms with van der Waals surface area (Å²) in [7, 11) is -3.58. The number of H-pyrrole nitrogens is 1. The second kappa shape index (κ2) is 5.38. The van der Waals surface area contributed by atoms with E-state index in [1.54, 1.807) is 24.4 Å². The van der Waals surface area contributed by atoms with Gasteiger partial charge in [-0.3, -0.25) is 14.3 Å². The third-order valence-electron chi connectivity index (χ3n) is 4.49. The molecule has 0 bridgehead atoms. The Balaban J connectivity index is 1.76. The minimum absolute atomic E-state index is 0.0758. The fourth-order valence-electron chi connectivity index (χ4n) is 3.10. The number of hydrogen-bond donors (Lipinski definition) is 2. The highest BCUT2D eigenvalue weighted by Crippen LogP contribution is 2.39. The van der Waals surface area contributed by atoms with Gasteiger partial charge in [-0.2, -0.15) is 5.10 Å². The van der Waals surface area contributed by atoms with Gasteiger partial charge in [0.25, 0.3) is 5.91 Å². The fourth-order valence-corrected chi connectivity index (χ4v) is 3.88. The first kappa shape index (κ1) is 15.8. The van der Waals surface area contributed by atoms with Crippen molar-refractivity contribution < 1.29 is 13.2 Å². The average Bonchev–Trinajstić information content (AvgIpc) is 3.17. The van der Waals surface area contributed by atoms with Crippen LogP contribution in [0.4, 0.5) is 0 Å². The van der Waals surface area contributed by atoms with E-state index in [1.807, 2.05) is 0 Å². The Labute approximate surface area is 143 Å². The molecule has 0 spiro atoms. The first-order chi connectivity index (χ1) is 11.9. The van der Waals surface area contributed by atoms with Gasteiger partial charge in [-0.05, 0) is 31.4 Å². The molecule has 3 heterocycles. The van der Waals surface area contributed by atoms with Crippen LogP contribution in [0.25, 0.3) is 5.52 Å². The maximum Gasteiger partial charge on any atom is 0.272 e. The quantitative estimate of drug-likeness (QED) is 0.705. The number of imidazole rings is 1. The van der Waals surface area contributed by atoms with Crippen molar-refractivity contribution in [2.24, 2.45) is 0 Å². The molecule has 0 atom stereocenters. The van der Waals surface area contributed by atoms with E-state index in [4.69, 9.17) is 0 Å². The van der Waals surface area contributed by atoms with Crippen molar-refractivity contribution >= 4 is 21.3 Å². The van der Waals surface area contributed by atoms with Crippen LogP contribution < -0.4 is 5.32 Å². The minimum Gasteiger partial charge on any atom is -0.338 e. The second-order valence-electron chi connectivity index (χ2n) is 6.19. The van der Waals surface area contributed by atoms with Crippen LogP contribution in [0.1, 0.15) is 35.6 Å². The van der Waals surface area contributed by atoms with Crippen LogP contribution in [0.15, 0.2) is 35.9 Å². The molecule has 0 radical (unpaired) electrons. The molecule has 10 heteroatoms. The second-order valence-corrected chi connectivity index (χ2v) is 8.10. The molecule has 9 nitrogen and oxygen atoms in total. The number of fused-ring (bicyclic) bond motifs is 1. The lowest BCUT2D eigenvalue weighted by Crippen LogP contribution is -2.51. The summed E-state index contributed by atoms with van der Waals surface area (Å²) >= 11 is 0. The molecular formula is C15H16N6O3S. The van der Waals surface area contributed by atoms with Crippen molar-refractivity contribution in [3.8, 4) is 0 Å². The standard InChI is InChI=1S/C15H16N6O3S/c1-25(23,24)14-18-11(10-5-2-3-8-21(10)14)12(22)19-15(6-4-7-15)13-16-9-17-20-13/h2-3,5,8-9H,4,6-7H2,1H3,(H,19,22)(H,16,17,20).